The van der Waals surface area contributed by atoms with Crippen molar-refractivity contribution in [3.8, 4) is 17.2 Å². The van der Waals surface area contributed by atoms with E-state index in [1.165, 1.54) is 22.3 Å². The summed E-state index contributed by atoms with van der Waals surface area (Å²) < 4.78 is 19.4. The van der Waals surface area contributed by atoms with E-state index in [9.17, 15) is 0 Å². The molecule has 1 heterocycles. The summed E-state index contributed by atoms with van der Waals surface area (Å²) in [6.07, 6.45) is 4.42. The minimum Gasteiger partial charge on any atom is -0.408 e. The van der Waals surface area contributed by atoms with E-state index >= 15 is 0 Å². The maximum atomic E-state index is 6.51. The van der Waals surface area contributed by atoms with Crippen LogP contribution in [0.1, 0.15) is 35.1 Å². The Morgan fingerprint density at radius 1 is 0.677 bits per heavy atom. The summed E-state index contributed by atoms with van der Waals surface area (Å²) in [6, 6.07) is 27.2. The summed E-state index contributed by atoms with van der Waals surface area (Å²) >= 11 is 0. The van der Waals surface area contributed by atoms with Crippen LogP contribution in [-0.4, -0.2) is 0 Å². The van der Waals surface area contributed by atoms with Gasteiger partial charge in [-0.3, -0.25) is 0 Å². The third kappa shape index (κ3) is 2.50. The van der Waals surface area contributed by atoms with Crippen LogP contribution < -0.4 is 13.6 Å². The first-order chi connectivity index (χ1) is 15.3. The monoisotopic (exact) mass is 424 g/mol. The number of rotatable bonds is 2. The van der Waals surface area contributed by atoms with E-state index in [0.29, 0.717) is 0 Å². The zero-order valence-corrected chi connectivity index (χ0v) is 17.9. The van der Waals surface area contributed by atoms with Crippen LogP contribution in [0.2, 0.25) is 0 Å². The van der Waals surface area contributed by atoms with Gasteiger partial charge in [-0.25, -0.2) is 0 Å². The normalized spacial score (nSPS) is 17.8. The molecule has 7 rings (SSSR count). The summed E-state index contributed by atoms with van der Waals surface area (Å²) in [6.45, 7) is 0. The summed E-state index contributed by atoms with van der Waals surface area (Å²) in [5.74, 6) is 2.63. The number of benzene rings is 4. The van der Waals surface area contributed by atoms with Gasteiger partial charge in [0.2, 0.25) is 0 Å². The Labute approximate surface area is 182 Å². The van der Waals surface area contributed by atoms with Crippen molar-refractivity contribution in [3.63, 3.8) is 0 Å². The van der Waals surface area contributed by atoms with Crippen LogP contribution in [0.25, 0.3) is 10.8 Å². The number of fused-ring (bicyclic) bond motifs is 1. The average molecular weight is 424 g/mol. The van der Waals surface area contributed by atoms with Gasteiger partial charge in [-0.1, -0.05) is 60.7 Å². The zero-order chi connectivity index (χ0) is 20.4. The van der Waals surface area contributed by atoms with Crippen LogP contribution in [0, 0.1) is 0 Å². The number of hydrogen-bond acceptors (Lipinski definition) is 3. The zero-order valence-electron chi connectivity index (χ0n) is 17.0. The topological polar surface area (TPSA) is 27.7 Å². The molecule has 0 atom stereocenters. The number of hydrogen-bond donors (Lipinski definition) is 0. The highest BCUT2D eigenvalue weighted by molar-refractivity contribution is 7.43. The third-order valence-electron chi connectivity index (χ3n) is 7.09. The van der Waals surface area contributed by atoms with Crippen molar-refractivity contribution < 1.29 is 13.6 Å². The molecular weight excluding hydrogens is 403 g/mol. The first-order valence-electron chi connectivity index (χ1n) is 10.9. The lowest BCUT2D eigenvalue weighted by Crippen LogP contribution is -2.24. The van der Waals surface area contributed by atoms with Gasteiger partial charge < -0.3 is 13.6 Å². The molecule has 0 N–H and O–H groups in total. The van der Waals surface area contributed by atoms with Gasteiger partial charge in [-0.15, -0.1) is 0 Å². The van der Waals surface area contributed by atoms with Crippen molar-refractivity contribution >= 4 is 19.4 Å². The second-order valence-corrected chi connectivity index (χ2v) is 9.63. The van der Waals surface area contributed by atoms with Crippen LogP contribution in [0.3, 0.4) is 0 Å². The van der Waals surface area contributed by atoms with Crippen molar-refractivity contribution in [1.29, 1.82) is 0 Å². The molecule has 0 saturated heterocycles. The van der Waals surface area contributed by atoms with E-state index in [2.05, 4.69) is 54.6 Å². The Hall–Kier alpha value is -3.03. The van der Waals surface area contributed by atoms with Crippen molar-refractivity contribution in [2.75, 3.05) is 0 Å². The standard InChI is InChI=1S/C27H21O3P/c1-2-10-21-18(6-1)7-3-11-22(21)28-31-29-23-12-4-8-19-14-16-27(25(19)23)17-15-20-9-5-13-24(30-31)26(20)27/h1-13H,14-17H2. The Kier molecular flexibility index (Phi) is 3.69. The van der Waals surface area contributed by atoms with E-state index in [0.717, 1.165) is 53.7 Å². The molecule has 4 aromatic carbocycles. The highest BCUT2D eigenvalue weighted by Gasteiger charge is 2.50. The van der Waals surface area contributed by atoms with Crippen molar-refractivity contribution in [2.24, 2.45) is 0 Å². The summed E-state index contributed by atoms with van der Waals surface area (Å²) in [7, 11) is -1.65. The Morgan fingerprint density at radius 3 is 2.00 bits per heavy atom. The molecule has 152 valence electrons. The molecule has 0 radical (unpaired) electrons. The quantitative estimate of drug-likeness (QED) is 0.321. The van der Waals surface area contributed by atoms with Crippen molar-refractivity contribution in [2.45, 2.75) is 31.1 Å². The average Bonchev–Trinajstić information content (AvgIpc) is 3.36. The maximum absolute atomic E-state index is 6.51. The Bertz CT molecular complexity index is 1280. The summed E-state index contributed by atoms with van der Waals surface area (Å²) in [5, 5.41) is 2.20. The lowest BCUT2D eigenvalue weighted by atomic mass is 9.76. The van der Waals surface area contributed by atoms with E-state index in [4.69, 9.17) is 13.6 Å². The highest BCUT2D eigenvalue weighted by Crippen LogP contribution is 2.61. The van der Waals surface area contributed by atoms with Crippen LogP contribution >= 0.6 is 8.60 Å². The fraction of sp³-hybridized carbons (Fsp3) is 0.185. The molecule has 31 heavy (non-hydrogen) atoms. The Balaban J connectivity index is 1.39. The van der Waals surface area contributed by atoms with Crippen LogP contribution in [0.15, 0.2) is 78.9 Å². The predicted molar refractivity (Wildman–Crippen MR) is 123 cm³/mol. The van der Waals surface area contributed by atoms with E-state index < -0.39 is 8.60 Å². The largest absolute Gasteiger partial charge is 0.530 e. The number of aryl methyl sites for hydroxylation is 2. The SMILES string of the molecule is c1cc2c3c(c1)OP(Oc1cccc4ccccc14)Oc1cccc4c1C3(CC2)CC4. The molecule has 0 aromatic heterocycles. The van der Waals surface area contributed by atoms with Crippen LogP contribution in [-0.2, 0) is 18.3 Å². The van der Waals surface area contributed by atoms with Gasteiger partial charge in [0.25, 0.3) is 0 Å². The van der Waals surface area contributed by atoms with Gasteiger partial charge >= 0.3 is 8.60 Å². The van der Waals surface area contributed by atoms with Crippen LogP contribution in [0.4, 0.5) is 0 Å². The van der Waals surface area contributed by atoms with Crippen molar-refractivity contribution in [1.82, 2.24) is 0 Å². The molecular formula is C27H21O3P. The minimum absolute atomic E-state index is 0.0126. The van der Waals surface area contributed by atoms with Gasteiger partial charge in [0.05, 0.1) is 0 Å². The van der Waals surface area contributed by atoms with E-state index in [1.807, 2.05) is 24.3 Å². The molecule has 0 bridgehead atoms. The second-order valence-electron chi connectivity index (χ2n) is 8.64. The fourth-order valence-corrected chi connectivity index (χ4v) is 6.88. The minimum atomic E-state index is -1.65. The van der Waals surface area contributed by atoms with Crippen LogP contribution in [0.5, 0.6) is 17.2 Å². The lowest BCUT2D eigenvalue weighted by molar-refractivity contribution is 0.365. The summed E-state index contributed by atoms with van der Waals surface area (Å²) in [5.41, 5.74) is 5.54. The first-order valence-corrected chi connectivity index (χ1v) is 12.0. The maximum Gasteiger partial charge on any atom is 0.530 e. The third-order valence-corrected chi connectivity index (χ3v) is 8.13. The molecule has 0 unspecified atom stereocenters. The molecule has 0 amide bonds. The lowest BCUT2D eigenvalue weighted by Gasteiger charge is -2.33. The fourth-order valence-electron chi connectivity index (χ4n) is 5.83. The molecule has 2 aliphatic carbocycles. The van der Waals surface area contributed by atoms with Gasteiger partial charge in [0, 0.05) is 21.9 Å². The van der Waals surface area contributed by atoms with Crippen molar-refractivity contribution in [3.05, 3.63) is 101 Å². The van der Waals surface area contributed by atoms with Gasteiger partial charge in [-0.2, -0.15) is 0 Å². The highest BCUT2D eigenvalue weighted by atomic mass is 31.2. The first kappa shape index (κ1) is 17.6. The molecule has 4 heteroatoms. The molecule has 4 aromatic rings. The van der Waals surface area contributed by atoms with E-state index in [1.54, 1.807) is 0 Å². The molecule has 1 spiro atoms. The van der Waals surface area contributed by atoms with Gasteiger partial charge in [-0.05, 0) is 60.4 Å². The molecule has 3 aliphatic rings. The Morgan fingerprint density at radius 2 is 1.29 bits per heavy atom. The molecule has 0 fully saturated rings. The summed E-state index contributed by atoms with van der Waals surface area (Å²) in [4.78, 5) is 0. The second kappa shape index (κ2) is 6.48. The van der Waals surface area contributed by atoms with E-state index in [-0.39, 0.29) is 5.41 Å². The van der Waals surface area contributed by atoms with Gasteiger partial charge in [0.15, 0.2) is 0 Å². The smallest absolute Gasteiger partial charge is 0.408 e. The molecule has 0 saturated carbocycles. The predicted octanol–water partition coefficient (Wildman–Crippen LogP) is 7.10. The molecule has 3 nitrogen and oxygen atoms in total. The van der Waals surface area contributed by atoms with Gasteiger partial charge in [0.1, 0.15) is 17.2 Å². The molecule has 1 aliphatic heterocycles.